The summed E-state index contributed by atoms with van der Waals surface area (Å²) < 4.78 is 1.72. The van der Waals surface area contributed by atoms with Crippen molar-refractivity contribution in [3.05, 3.63) is 72.7 Å². The summed E-state index contributed by atoms with van der Waals surface area (Å²) in [4.78, 5) is 12.4. The van der Waals surface area contributed by atoms with Gasteiger partial charge in [-0.05, 0) is 42.5 Å². The fourth-order valence-electron chi connectivity index (χ4n) is 2.43. The second kappa shape index (κ2) is 5.42. The molecular formula is C17H13N5O. The van der Waals surface area contributed by atoms with E-state index in [4.69, 9.17) is 0 Å². The molecule has 2 aromatic carbocycles. The number of carbonyl (C=O) groups excluding carboxylic acids is 1. The second-order valence-electron chi connectivity index (χ2n) is 5.13. The number of nitrogens with one attached hydrogen (secondary N) is 2. The van der Waals surface area contributed by atoms with Crippen LogP contribution in [0.4, 0.5) is 5.69 Å². The van der Waals surface area contributed by atoms with Crippen LogP contribution in [0.5, 0.6) is 0 Å². The van der Waals surface area contributed by atoms with Crippen LogP contribution in [0.3, 0.4) is 0 Å². The van der Waals surface area contributed by atoms with E-state index in [1.165, 1.54) is 0 Å². The quantitative estimate of drug-likeness (QED) is 0.611. The van der Waals surface area contributed by atoms with E-state index in [1.807, 2.05) is 42.6 Å². The normalized spacial score (nSPS) is 10.8. The summed E-state index contributed by atoms with van der Waals surface area (Å²) in [6.45, 7) is 0. The molecule has 0 unspecified atom stereocenters. The third kappa shape index (κ3) is 2.57. The fourth-order valence-corrected chi connectivity index (χ4v) is 2.43. The number of carbonyl (C=O) groups is 1. The molecule has 2 heterocycles. The number of hydrogen-bond donors (Lipinski definition) is 2. The molecule has 23 heavy (non-hydrogen) atoms. The third-order valence-corrected chi connectivity index (χ3v) is 3.58. The van der Waals surface area contributed by atoms with E-state index in [0.29, 0.717) is 5.56 Å². The summed E-state index contributed by atoms with van der Waals surface area (Å²) in [5.41, 5.74) is 3.01. The number of amides is 1. The van der Waals surface area contributed by atoms with E-state index in [1.54, 1.807) is 29.2 Å². The molecule has 0 saturated heterocycles. The van der Waals surface area contributed by atoms with Crippen LogP contribution in [0.25, 0.3) is 16.6 Å². The van der Waals surface area contributed by atoms with Crippen LogP contribution < -0.4 is 5.32 Å². The third-order valence-electron chi connectivity index (χ3n) is 3.58. The van der Waals surface area contributed by atoms with Crippen molar-refractivity contribution in [3.63, 3.8) is 0 Å². The molecule has 0 spiro atoms. The molecule has 0 bridgehead atoms. The van der Waals surface area contributed by atoms with Crippen molar-refractivity contribution in [1.82, 2.24) is 20.0 Å². The van der Waals surface area contributed by atoms with Crippen LogP contribution in [-0.2, 0) is 0 Å². The van der Waals surface area contributed by atoms with E-state index in [9.17, 15) is 4.79 Å². The maximum atomic E-state index is 12.4. The van der Waals surface area contributed by atoms with E-state index in [0.717, 1.165) is 22.3 Å². The Morgan fingerprint density at radius 2 is 2.09 bits per heavy atom. The Labute approximate surface area is 131 Å². The maximum Gasteiger partial charge on any atom is 0.255 e. The van der Waals surface area contributed by atoms with Gasteiger partial charge in [-0.15, -0.1) is 0 Å². The molecule has 0 fully saturated rings. The molecule has 4 aromatic rings. The van der Waals surface area contributed by atoms with Gasteiger partial charge in [0.05, 0.1) is 17.4 Å². The van der Waals surface area contributed by atoms with Crippen LogP contribution in [0.2, 0.25) is 0 Å². The average molecular weight is 303 g/mol. The second-order valence-corrected chi connectivity index (χ2v) is 5.13. The molecule has 112 valence electrons. The standard InChI is InChI=1S/C17H13N5O/c23-17(20-14-6-5-13-11-18-21-16(13)10-14)12-3-1-4-15(9-12)22-8-2-7-19-22/h1-11H,(H,18,21)(H,20,23). The average Bonchev–Trinajstić information content (AvgIpc) is 3.26. The monoisotopic (exact) mass is 303 g/mol. The first-order chi connectivity index (χ1) is 11.3. The van der Waals surface area contributed by atoms with Gasteiger partial charge >= 0.3 is 0 Å². The minimum atomic E-state index is -0.169. The van der Waals surface area contributed by atoms with Crippen LogP contribution in [0.1, 0.15) is 10.4 Å². The Bertz CT molecular complexity index is 972. The molecule has 4 rings (SSSR count). The smallest absolute Gasteiger partial charge is 0.255 e. The molecule has 1 amide bonds. The maximum absolute atomic E-state index is 12.4. The van der Waals surface area contributed by atoms with Gasteiger partial charge in [0.1, 0.15) is 0 Å². The van der Waals surface area contributed by atoms with Crippen LogP contribution in [0.15, 0.2) is 67.1 Å². The summed E-state index contributed by atoms with van der Waals surface area (Å²) in [7, 11) is 0. The predicted molar refractivity (Wildman–Crippen MR) is 87.6 cm³/mol. The van der Waals surface area contributed by atoms with Gasteiger partial charge < -0.3 is 5.32 Å². The lowest BCUT2D eigenvalue weighted by Crippen LogP contribution is -2.12. The number of rotatable bonds is 3. The molecular weight excluding hydrogens is 290 g/mol. The number of benzene rings is 2. The number of aromatic nitrogens is 4. The minimum absolute atomic E-state index is 0.169. The minimum Gasteiger partial charge on any atom is -0.322 e. The Balaban J connectivity index is 1.60. The van der Waals surface area contributed by atoms with Gasteiger partial charge in [-0.25, -0.2) is 4.68 Å². The topological polar surface area (TPSA) is 75.6 Å². The Morgan fingerprint density at radius 3 is 2.96 bits per heavy atom. The van der Waals surface area contributed by atoms with Crippen molar-refractivity contribution in [2.75, 3.05) is 5.32 Å². The SMILES string of the molecule is O=C(Nc1ccc2cn[nH]c2c1)c1cccc(-n2cccn2)c1. The van der Waals surface area contributed by atoms with Crippen LogP contribution in [0, 0.1) is 0 Å². The van der Waals surface area contributed by atoms with Gasteiger partial charge in [0.2, 0.25) is 0 Å². The fraction of sp³-hybridized carbons (Fsp3) is 0. The number of nitrogens with zero attached hydrogens (tertiary/aromatic N) is 3. The molecule has 0 aliphatic carbocycles. The molecule has 0 atom stereocenters. The lowest BCUT2D eigenvalue weighted by Gasteiger charge is -2.07. The number of anilines is 1. The van der Waals surface area contributed by atoms with E-state index >= 15 is 0 Å². The van der Waals surface area contributed by atoms with Gasteiger partial charge in [-0.3, -0.25) is 9.89 Å². The number of H-pyrrole nitrogens is 1. The molecule has 0 saturated carbocycles. The molecule has 2 aromatic heterocycles. The van der Waals surface area contributed by atoms with Gasteiger partial charge in [0.15, 0.2) is 0 Å². The first-order valence-corrected chi connectivity index (χ1v) is 7.14. The number of hydrogen-bond acceptors (Lipinski definition) is 3. The lowest BCUT2D eigenvalue weighted by atomic mass is 10.1. The zero-order valence-corrected chi connectivity index (χ0v) is 12.1. The van der Waals surface area contributed by atoms with Crippen LogP contribution in [-0.4, -0.2) is 25.9 Å². The molecule has 0 aliphatic heterocycles. The zero-order valence-electron chi connectivity index (χ0n) is 12.1. The van der Waals surface area contributed by atoms with E-state index in [-0.39, 0.29) is 5.91 Å². The van der Waals surface area contributed by atoms with Crippen molar-refractivity contribution in [3.8, 4) is 5.69 Å². The lowest BCUT2D eigenvalue weighted by molar-refractivity contribution is 0.102. The highest BCUT2D eigenvalue weighted by molar-refractivity contribution is 6.05. The van der Waals surface area contributed by atoms with Crippen molar-refractivity contribution in [2.45, 2.75) is 0 Å². The first kappa shape index (κ1) is 13.3. The Hall–Kier alpha value is -3.41. The summed E-state index contributed by atoms with van der Waals surface area (Å²) in [5.74, 6) is -0.169. The summed E-state index contributed by atoms with van der Waals surface area (Å²) in [6, 6.07) is 14.8. The molecule has 2 N–H and O–H groups in total. The van der Waals surface area contributed by atoms with Crippen molar-refractivity contribution < 1.29 is 4.79 Å². The van der Waals surface area contributed by atoms with Crippen molar-refractivity contribution in [2.24, 2.45) is 0 Å². The predicted octanol–water partition coefficient (Wildman–Crippen LogP) is 3.00. The van der Waals surface area contributed by atoms with Crippen molar-refractivity contribution >= 4 is 22.5 Å². The van der Waals surface area contributed by atoms with Gasteiger partial charge in [-0.2, -0.15) is 10.2 Å². The summed E-state index contributed by atoms with van der Waals surface area (Å²) >= 11 is 0. The number of fused-ring (bicyclic) bond motifs is 1. The van der Waals surface area contributed by atoms with Gasteiger partial charge in [-0.1, -0.05) is 6.07 Å². The molecule has 0 radical (unpaired) electrons. The Morgan fingerprint density at radius 1 is 1.13 bits per heavy atom. The van der Waals surface area contributed by atoms with E-state index in [2.05, 4.69) is 20.6 Å². The summed E-state index contributed by atoms with van der Waals surface area (Å²) in [6.07, 6.45) is 5.28. The highest BCUT2D eigenvalue weighted by Crippen LogP contribution is 2.18. The summed E-state index contributed by atoms with van der Waals surface area (Å²) in [5, 5.41) is 14.9. The highest BCUT2D eigenvalue weighted by atomic mass is 16.1. The van der Waals surface area contributed by atoms with Crippen molar-refractivity contribution in [1.29, 1.82) is 0 Å². The number of aromatic amines is 1. The van der Waals surface area contributed by atoms with Crippen LogP contribution >= 0.6 is 0 Å². The van der Waals surface area contributed by atoms with E-state index < -0.39 is 0 Å². The molecule has 0 aliphatic rings. The first-order valence-electron chi connectivity index (χ1n) is 7.14. The highest BCUT2D eigenvalue weighted by Gasteiger charge is 2.08. The van der Waals surface area contributed by atoms with Gasteiger partial charge in [0, 0.05) is 29.0 Å². The molecule has 6 nitrogen and oxygen atoms in total. The largest absolute Gasteiger partial charge is 0.322 e. The Kier molecular flexibility index (Phi) is 3.12. The zero-order chi connectivity index (χ0) is 15.6. The molecule has 6 heteroatoms. The van der Waals surface area contributed by atoms with Gasteiger partial charge in [0.25, 0.3) is 5.91 Å².